The SMILES string of the molecule is COc1cc(/C=C2\SC(=O)N(CC(N)=O)C2=O)ccc1OCc1ccc(Cl)cc1Cl. The molecule has 0 aromatic heterocycles. The Morgan fingerprint density at radius 2 is 1.93 bits per heavy atom. The van der Waals surface area contributed by atoms with Crippen LogP contribution in [0.25, 0.3) is 6.08 Å². The minimum atomic E-state index is -0.762. The highest BCUT2D eigenvalue weighted by atomic mass is 35.5. The Kier molecular flexibility index (Phi) is 6.91. The number of benzene rings is 2. The van der Waals surface area contributed by atoms with Crippen molar-refractivity contribution < 1.29 is 23.9 Å². The van der Waals surface area contributed by atoms with Crippen LogP contribution in [0.2, 0.25) is 10.0 Å². The molecule has 3 rings (SSSR count). The third-order valence-electron chi connectivity index (χ3n) is 4.07. The molecule has 0 spiro atoms. The molecule has 1 heterocycles. The second kappa shape index (κ2) is 9.42. The highest BCUT2D eigenvalue weighted by Gasteiger charge is 2.35. The monoisotopic (exact) mass is 466 g/mol. The molecule has 0 radical (unpaired) electrons. The van der Waals surface area contributed by atoms with Crippen molar-refractivity contribution in [3.63, 3.8) is 0 Å². The number of nitrogens with two attached hydrogens (primary N) is 1. The lowest BCUT2D eigenvalue weighted by molar-refractivity contribution is -0.127. The zero-order valence-electron chi connectivity index (χ0n) is 15.7. The van der Waals surface area contributed by atoms with E-state index in [4.69, 9.17) is 38.4 Å². The van der Waals surface area contributed by atoms with E-state index in [2.05, 4.69) is 0 Å². The van der Waals surface area contributed by atoms with Crippen LogP contribution in [0, 0.1) is 0 Å². The molecule has 1 fully saturated rings. The van der Waals surface area contributed by atoms with Crippen LogP contribution in [0.3, 0.4) is 0 Å². The molecule has 1 aliphatic rings. The van der Waals surface area contributed by atoms with Gasteiger partial charge in [0.05, 0.1) is 12.0 Å². The predicted octanol–water partition coefficient (Wildman–Crippen LogP) is 4.10. The van der Waals surface area contributed by atoms with Crippen molar-refractivity contribution >= 4 is 58.1 Å². The Hall–Kier alpha value is -2.68. The highest BCUT2D eigenvalue weighted by Crippen LogP contribution is 2.35. The van der Waals surface area contributed by atoms with Gasteiger partial charge in [-0.15, -0.1) is 0 Å². The fourth-order valence-electron chi connectivity index (χ4n) is 2.63. The van der Waals surface area contributed by atoms with Crippen LogP contribution < -0.4 is 15.2 Å². The van der Waals surface area contributed by atoms with Crippen LogP contribution in [-0.2, 0) is 16.2 Å². The summed E-state index contributed by atoms with van der Waals surface area (Å²) in [7, 11) is 1.49. The van der Waals surface area contributed by atoms with E-state index in [9.17, 15) is 14.4 Å². The van der Waals surface area contributed by atoms with Crippen LogP contribution in [0.1, 0.15) is 11.1 Å². The van der Waals surface area contributed by atoms with Gasteiger partial charge in [-0.05, 0) is 47.7 Å². The van der Waals surface area contributed by atoms with E-state index in [-0.39, 0.29) is 11.5 Å². The topological polar surface area (TPSA) is 98.9 Å². The second-order valence-electron chi connectivity index (χ2n) is 6.17. The fraction of sp³-hybridized carbons (Fsp3) is 0.150. The number of hydrogen-bond donors (Lipinski definition) is 1. The minimum absolute atomic E-state index is 0.185. The maximum atomic E-state index is 12.3. The molecule has 2 aromatic carbocycles. The van der Waals surface area contributed by atoms with Gasteiger partial charge in [0.2, 0.25) is 5.91 Å². The number of amides is 3. The summed E-state index contributed by atoms with van der Waals surface area (Å²) in [6, 6.07) is 10.2. The molecular formula is C20H16Cl2N2O5S. The van der Waals surface area contributed by atoms with Gasteiger partial charge in [0, 0.05) is 15.6 Å². The molecule has 3 amide bonds. The number of nitrogens with zero attached hydrogens (tertiary/aromatic N) is 1. The van der Waals surface area contributed by atoms with Gasteiger partial charge in [-0.2, -0.15) is 0 Å². The van der Waals surface area contributed by atoms with Gasteiger partial charge in [-0.3, -0.25) is 19.3 Å². The summed E-state index contributed by atoms with van der Waals surface area (Å²) >= 11 is 12.8. The number of primary amides is 1. The first-order chi connectivity index (χ1) is 14.3. The standard InChI is InChI=1S/C20H16Cl2N2O5S/c1-28-16-6-11(7-17-19(26)24(9-18(23)25)20(27)30-17)2-5-15(16)29-10-12-3-4-13(21)8-14(12)22/h2-8H,9-10H2,1H3,(H2,23,25)/b17-7-. The predicted molar refractivity (Wildman–Crippen MR) is 116 cm³/mol. The summed E-state index contributed by atoms with van der Waals surface area (Å²) in [5.74, 6) is -0.421. The molecule has 156 valence electrons. The van der Waals surface area contributed by atoms with E-state index in [1.807, 2.05) is 0 Å². The number of thioether (sulfide) groups is 1. The Bertz CT molecular complexity index is 1060. The first-order valence-corrected chi connectivity index (χ1v) is 10.1. The Morgan fingerprint density at radius 3 is 2.60 bits per heavy atom. The van der Waals surface area contributed by atoms with Crippen molar-refractivity contribution in [1.82, 2.24) is 4.90 Å². The van der Waals surface area contributed by atoms with Crippen LogP contribution in [0.5, 0.6) is 11.5 Å². The number of methoxy groups -OCH3 is 1. The molecule has 10 heteroatoms. The van der Waals surface area contributed by atoms with Crippen molar-refractivity contribution in [2.24, 2.45) is 5.73 Å². The molecule has 2 aromatic rings. The van der Waals surface area contributed by atoms with E-state index in [0.717, 1.165) is 22.2 Å². The zero-order valence-corrected chi connectivity index (χ0v) is 18.0. The molecule has 0 unspecified atom stereocenters. The van der Waals surface area contributed by atoms with Gasteiger partial charge >= 0.3 is 0 Å². The van der Waals surface area contributed by atoms with E-state index in [1.54, 1.807) is 36.4 Å². The Labute approximate surface area is 186 Å². The smallest absolute Gasteiger partial charge is 0.294 e. The van der Waals surface area contributed by atoms with Crippen molar-refractivity contribution in [2.45, 2.75) is 6.61 Å². The minimum Gasteiger partial charge on any atom is -0.493 e. The van der Waals surface area contributed by atoms with Crippen molar-refractivity contribution in [1.29, 1.82) is 0 Å². The molecule has 0 saturated carbocycles. The van der Waals surface area contributed by atoms with Gasteiger partial charge in [0.25, 0.3) is 11.1 Å². The van der Waals surface area contributed by atoms with Gasteiger partial charge in [0.15, 0.2) is 11.5 Å². The number of imide groups is 1. The highest BCUT2D eigenvalue weighted by molar-refractivity contribution is 8.18. The van der Waals surface area contributed by atoms with Crippen molar-refractivity contribution in [3.05, 3.63) is 62.5 Å². The van der Waals surface area contributed by atoms with Gasteiger partial charge in [-0.1, -0.05) is 35.3 Å². The molecule has 1 aliphatic heterocycles. The molecule has 0 bridgehead atoms. The molecule has 30 heavy (non-hydrogen) atoms. The number of carbonyl (C=O) groups excluding carboxylic acids is 3. The number of carbonyl (C=O) groups is 3. The Morgan fingerprint density at radius 1 is 1.17 bits per heavy atom. The quantitative estimate of drug-likeness (QED) is 0.616. The molecule has 7 nitrogen and oxygen atoms in total. The number of halogens is 2. The van der Waals surface area contributed by atoms with E-state index in [0.29, 0.717) is 27.1 Å². The summed E-state index contributed by atoms with van der Waals surface area (Å²) in [6.45, 7) is -0.247. The Balaban J connectivity index is 1.77. The van der Waals surface area contributed by atoms with Gasteiger partial charge in [0.1, 0.15) is 13.2 Å². The average molecular weight is 467 g/mol. The lowest BCUT2D eigenvalue weighted by Crippen LogP contribution is -2.36. The molecular weight excluding hydrogens is 451 g/mol. The summed E-state index contributed by atoms with van der Waals surface area (Å²) in [5, 5.41) is 0.479. The third kappa shape index (κ3) is 5.08. The first-order valence-electron chi connectivity index (χ1n) is 8.57. The third-order valence-corrected chi connectivity index (χ3v) is 5.57. The van der Waals surface area contributed by atoms with Crippen molar-refractivity contribution in [3.8, 4) is 11.5 Å². The fourth-order valence-corrected chi connectivity index (χ4v) is 3.93. The molecule has 0 aliphatic carbocycles. The zero-order chi connectivity index (χ0) is 21.8. The van der Waals surface area contributed by atoms with Crippen molar-refractivity contribution in [2.75, 3.05) is 13.7 Å². The lowest BCUT2D eigenvalue weighted by atomic mass is 10.1. The normalized spacial score (nSPS) is 15.0. The largest absolute Gasteiger partial charge is 0.493 e. The number of ether oxygens (including phenoxy) is 2. The maximum Gasteiger partial charge on any atom is 0.294 e. The summed E-state index contributed by atoms with van der Waals surface area (Å²) in [4.78, 5) is 36.3. The summed E-state index contributed by atoms with van der Waals surface area (Å²) in [6.07, 6.45) is 1.54. The van der Waals surface area contributed by atoms with Gasteiger partial charge in [-0.25, -0.2) is 0 Å². The molecule has 2 N–H and O–H groups in total. The van der Waals surface area contributed by atoms with E-state index in [1.165, 1.54) is 13.2 Å². The molecule has 0 atom stereocenters. The van der Waals surface area contributed by atoms with Crippen LogP contribution in [-0.4, -0.2) is 35.6 Å². The summed E-state index contributed by atoms with van der Waals surface area (Å²) in [5.41, 5.74) is 6.46. The lowest BCUT2D eigenvalue weighted by Gasteiger charge is -2.12. The number of rotatable bonds is 7. The first kappa shape index (κ1) is 22.0. The van der Waals surface area contributed by atoms with Crippen LogP contribution >= 0.6 is 35.0 Å². The van der Waals surface area contributed by atoms with Crippen LogP contribution in [0.4, 0.5) is 4.79 Å². The van der Waals surface area contributed by atoms with Crippen LogP contribution in [0.15, 0.2) is 41.3 Å². The van der Waals surface area contributed by atoms with E-state index < -0.39 is 23.6 Å². The molecule has 1 saturated heterocycles. The van der Waals surface area contributed by atoms with E-state index >= 15 is 0 Å². The average Bonchev–Trinajstić information content (AvgIpc) is 2.95. The summed E-state index contributed by atoms with van der Waals surface area (Å²) < 4.78 is 11.2. The van der Waals surface area contributed by atoms with Gasteiger partial charge < -0.3 is 15.2 Å². The number of hydrogen-bond acceptors (Lipinski definition) is 6. The maximum absolute atomic E-state index is 12.3. The second-order valence-corrected chi connectivity index (χ2v) is 8.01.